The van der Waals surface area contributed by atoms with Gasteiger partial charge < -0.3 is 19.5 Å². The summed E-state index contributed by atoms with van der Waals surface area (Å²) >= 11 is 8.28. The Morgan fingerprint density at radius 3 is 3.06 bits per heavy atom. The van der Waals surface area contributed by atoms with Gasteiger partial charge in [0.1, 0.15) is 5.75 Å². The smallest absolute Gasteiger partial charge is 0.222 e. The first kappa shape index (κ1) is 21.4. The van der Waals surface area contributed by atoms with E-state index in [1.54, 1.807) is 11.3 Å². The minimum atomic E-state index is -0.226. The number of nitrogens with zero attached hydrogens (tertiary/aromatic N) is 3. The molecule has 3 aliphatic heterocycles. The van der Waals surface area contributed by atoms with E-state index in [-0.39, 0.29) is 12.0 Å². The molecule has 0 bridgehead atoms. The van der Waals surface area contributed by atoms with Gasteiger partial charge in [-0.3, -0.25) is 9.78 Å². The molecule has 1 amide bonds. The summed E-state index contributed by atoms with van der Waals surface area (Å²) in [6, 6.07) is 8.07. The molecule has 1 saturated heterocycles. The summed E-state index contributed by atoms with van der Waals surface area (Å²) in [5.41, 5.74) is 6.13. The van der Waals surface area contributed by atoms with Crippen LogP contribution in [0.25, 0.3) is 21.3 Å². The van der Waals surface area contributed by atoms with Gasteiger partial charge >= 0.3 is 0 Å². The van der Waals surface area contributed by atoms with Gasteiger partial charge in [-0.2, -0.15) is 0 Å². The molecule has 4 aromatic rings. The van der Waals surface area contributed by atoms with Crippen molar-refractivity contribution in [3.63, 3.8) is 0 Å². The van der Waals surface area contributed by atoms with Crippen molar-refractivity contribution in [1.29, 1.82) is 0 Å². The number of carbonyl (C=O) groups is 1. The maximum atomic E-state index is 12.1. The van der Waals surface area contributed by atoms with E-state index in [0.717, 1.165) is 87.0 Å². The number of pyridine rings is 1. The minimum absolute atomic E-state index is 0.226. The molecule has 3 aromatic heterocycles. The number of benzene rings is 1. The van der Waals surface area contributed by atoms with Crippen LogP contribution in [0.1, 0.15) is 46.4 Å². The first-order chi connectivity index (χ1) is 17.1. The number of ether oxygens (including phenoxy) is 1. The van der Waals surface area contributed by atoms with Gasteiger partial charge in [-0.1, -0.05) is 16.8 Å². The number of halogens is 1. The van der Waals surface area contributed by atoms with E-state index in [1.807, 2.05) is 29.3 Å². The summed E-state index contributed by atoms with van der Waals surface area (Å²) in [4.78, 5) is 19.8. The molecular formula is C26H23ClN4O3S. The number of carbonyl (C=O) groups excluding carboxylic acids is 1. The van der Waals surface area contributed by atoms with Crippen molar-refractivity contribution >= 4 is 39.1 Å². The minimum Gasteiger partial charge on any atom is -0.481 e. The van der Waals surface area contributed by atoms with Gasteiger partial charge in [0.05, 0.1) is 22.5 Å². The number of rotatable bonds is 4. The molecule has 1 atom stereocenters. The van der Waals surface area contributed by atoms with Crippen LogP contribution < -0.4 is 10.1 Å². The van der Waals surface area contributed by atoms with Crippen LogP contribution in [0.5, 0.6) is 5.75 Å². The molecule has 0 radical (unpaired) electrons. The quantitative estimate of drug-likeness (QED) is 0.417. The number of likely N-dealkylation sites (tertiary alicyclic amines) is 1. The molecule has 1 unspecified atom stereocenters. The van der Waals surface area contributed by atoms with Crippen LogP contribution in [0.15, 0.2) is 35.0 Å². The SMILES string of the molecule is O=C1CCCN1Cc1cc2nccc(-c3cc(Cl)cc4c3OC(c3onc5c3CNCC5)C4)c2s1. The Bertz CT molecular complexity index is 1480. The highest BCUT2D eigenvalue weighted by atomic mass is 35.5. The molecule has 0 saturated carbocycles. The normalized spacial score (nSPS) is 19.3. The maximum absolute atomic E-state index is 12.1. The molecule has 3 aliphatic rings. The second kappa shape index (κ2) is 8.33. The number of thiophene rings is 1. The van der Waals surface area contributed by atoms with E-state index < -0.39 is 0 Å². The number of hydrogen-bond donors (Lipinski definition) is 1. The second-order valence-corrected chi connectivity index (χ2v) is 10.9. The molecule has 7 nitrogen and oxygen atoms in total. The lowest BCUT2D eigenvalue weighted by Crippen LogP contribution is -2.24. The molecular weight excluding hydrogens is 484 g/mol. The van der Waals surface area contributed by atoms with E-state index in [1.165, 1.54) is 0 Å². The van der Waals surface area contributed by atoms with Gasteiger partial charge in [0.15, 0.2) is 11.9 Å². The summed E-state index contributed by atoms with van der Waals surface area (Å²) in [6.07, 6.45) is 4.74. The summed E-state index contributed by atoms with van der Waals surface area (Å²) in [6.45, 7) is 3.12. The average Bonchev–Trinajstić information content (AvgIpc) is 3.63. The van der Waals surface area contributed by atoms with Crippen molar-refractivity contribution in [2.75, 3.05) is 13.1 Å². The number of hydrogen-bond acceptors (Lipinski definition) is 7. The molecule has 1 aromatic carbocycles. The molecule has 1 fully saturated rings. The van der Waals surface area contributed by atoms with Gasteiger partial charge in [-0.05, 0) is 30.7 Å². The Balaban J connectivity index is 1.27. The average molecular weight is 507 g/mol. The van der Waals surface area contributed by atoms with Crippen LogP contribution in [0.2, 0.25) is 5.02 Å². The third-order valence-corrected chi connectivity index (χ3v) is 8.46. The Labute approximate surface area is 211 Å². The standard InChI is InChI=1S/C26H23ClN4O3S/c27-15-8-14-9-22(25-19-12-28-5-4-20(19)30-34-25)33-24(14)18(10-15)17-3-6-29-21-11-16(35-26(17)21)13-31-7-1-2-23(31)32/h3,6,8,10-11,22,28H,1-2,4-5,7,9,12-13H2. The van der Waals surface area contributed by atoms with Crippen LogP contribution in [-0.2, 0) is 30.7 Å². The molecule has 9 heteroatoms. The summed E-state index contributed by atoms with van der Waals surface area (Å²) in [7, 11) is 0. The van der Waals surface area contributed by atoms with E-state index in [0.29, 0.717) is 24.4 Å². The fourth-order valence-corrected chi connectivity index (χ4v) is 6.82. The highest BCUT2D eigenvalue weighted by Crippen LogP contribution is 2.48. The van der Waals surface area contributed by atoms with Crippen LogP contribution in [0.4, 0.5) is 0 Å². The monoisotopic (exact) mass is 506 g/mol. The van der Waals surface area contributed by atoms with Gasteiger partial charge in [-0.25, -0.2) is 0 Å². The molecule has 0 spiro atoms. The summed E-state index contributed by atoms with van der Waals surface area (Å²) < 4.78 is 13.4. The zero-order chi connectivity index (χ0) is 23.5. The Morgan fingerprint density at radius 2 is 2.17 bits per heavy atom. The molecule has 178 valence electrons. The van der Waals surface area contributed by atoms with Crippen molar-refractivity contribution in [1.82, 2.24) is 20.4 Å². The third-order valence-electron chi connectivity index (χ3n) is 7.10. The van der Waals surface area contributed by atoms with E-state index in [2.05, 4.69) is 21.5 Å². The zero-order valence-corrected chi connectivity index (χ0v) is 20.5. The van der Waals surface area contributed by atoms with Gasteiger partial charge in [0, 0.05) is 77.2 Å². The van der Waals surface area contributed by atoms with Crippen LogP contribution in [0, 0.1) is 0 Å². The Kier molecular flexibility index (Phi) is 5.08. The predicted octanol–water partition coefficient (Wildman–Crippen LogP) is 5.05. The van der Waals surface area contributed by atoms with Crippen LogP contribution in [-0.4, -0.2) is 34.0 Å². The third kappa shape index (κ3) is 3.63. The van der Waals surface area contributed by atoms with Crippen molar-refractivity contribution < 1.29 is 14.1 Å². The number of fused-ring (bicyclic) bond motifs is 3. The van der Waals surface area contributed by atoms with E-state index >= 15 is 0 Å². The highest BCUT2D eigenvalue weighted by Gasteiger charge is 2.34. The van der Waals surface area contributed by atoms with Crippen molar-refractivity contribution in [2.45, 2.75) is 44.9 Å². The summed E-state index contributed by atoms with van der Waals surface area (Å²) in [5.74, 6) is 1.87. The van der Waals surface area contributed by atoms with Gasteiger partial charge in [0.25, 0.3) is 0 Å². The Hall–Kier alpha value is -2.94. The fraction of sp³-hybridized carbons (Fsp3) is 0.346. The number of nitrogens with one attached hydrogen (secondary N) is 1. The zero-order valence-electron chi connectivity index (χ0n) is 19.0. The molecule has 6 heterocycles. The largest absolute Gasteiger partial charge is 0.481 e. The fourth-order valence-electron chi connectivity index (χ4n) is 5.42. The number of amides is 1. The second-order valence-electron chi connectivity index (χ2n) is 9.36. The Morgan fingerprint density at radius 1 is 1.23 bits per heavy atom. The molecule has 0 aliphatic carbocycles. The molecule has 7 rings (SSSR count). The molecule has 35 heavy (non-hydrogen) atoms. The summed E-state index contributed by atoms with van der Waals surface area (Å²) in [5, 5.41) is 8.37. The van der Waals surface area contributed by atoms with Gasteiger partial charge in [0.2, 0.25) is 5.91 Å². The maximum Gasteiger partial charge on any atom is 0.222 e. The van der Waals surface area contributed by atoms with Gasteiger partial charge in [-0.15, -0.1) is 11.3 Å². The van der Waals surface area contributed by atoms with E-state index in [9.17, 15) is 4.79 Å². The van der Waals surface area contributed by atoms with Crippen molar-refractivity contribution in [2.24, 2.45) is 0 Å². The molecule has 1 N–H and O–H groups in total. The van der Waals surface area contributed by atoms with E-state index in [4.69, 9.17) is 20.9 Å². The highest BCUT2D eigenvalue weighted by molar-refractivity contribution is 7.19. The van der Waals surface area contributed by atoms with Crippen molar-refractivity contribution in [3.05, 3.63) is 62.9 Å². The lowest BCUT2D eigenvalue weighted by atomic mass is 9.99. The number of aromatic nitrogens is 2. The van der Waals surface area contributed by atoms with Crippen LogP contribution >= 0.6 is 22.9 Å². The topological polar surface area (TPSA) is 80.5 Å². The lowest BCUT2D eigenvalue weighted by molar-refractivity contribution is -0.128. The first-order valence-corrected chi connectivity index (χ1v) is 13.2. The van der Waals surface area contributed by atoms with Crippen LogP contribution in [0.3, 0.4) is 0 Å². The predicted molar refractivity (Wildman–Crippen MR) is 134 cm³/mol. The lowest BCUT2D eigenvalue weighted by Gasteiger charge is -2.15. The van der Waals surface area contributed by atoms with Crippen molar-refractivity contribution in [3.8, 4) is 16.9 Å². The first-order valence-electron chi connectivity index (χ1n) is 12.0.